The summed E-state index contributed by atoms with van der Waals surface area (Å²) >= 11 is 2.23. The normalized spacial score (nSPS) is 12.0. The third-order valence-corrected chi connectivity index (χ3v) is 3.36. The van der Waals surface area contributed by atoms with Crippen LogP contribution in [0.5, 0.6) is 17.2 Å². The van der Waals surface area contributed by atoms with Gasteiger partial charge in [-0.3, -0.25) is 0 Å². The number of hydrogen-bond acceptors (Lipinski definition) is 3. The van der Waals surface area contributed by atoms with E-state index >= 15 is 0 Å². The molecule has 0 aliphatic rings. The van der Waals surface area contributed by atoms with Crippen molar-refractivity contribution < 1.29 is 14.6 Å². The average Bonchev–Trinajstić information content (AvgIpc) is 2.38. The topological polar surface area (TPSA) is 38.7 Å². The Morgan fingerprint density at radius 2 is 1.79 bits per heavy atom. The van der Waals surface area contributed by atoms with Crippen LogP contribution in [-0.2, 0) is 0 Å². The molecule has 0 saturated carbocycles. The molecule has 1 unspecified atom stereocenters. The summed E-state index contributed by atoms with van der Waals surface area (Å²) < 4.78 is 12.2. The fourth-order valence-electron chi connectivity index (χ4n) is 1.86. The minimum atomic E-state index is -0.658. The zero-order valence-electron chi connectivity index (χ0n) is 10.8. The summed E-state index contributed by atoms with van der Waals surface area (Å²) in [5.74, 6) is 1.97. The molecular formula is C15H15IO3. The minimum absolute atomic E-state index is 0.608. The molecule has 19 heavy (non-hydrogen) atoms. The van der Waals surface area contributed by atoms with Crippen LogP contribution in [0.2, 0.25) is 0 Å². The molecule has 0 heterocycles. The molecule has 0 radical (unpaired) electrons. The summed E-state index contributed by atoms with van der Waals surface area (Å²) in [7, 11) is 1.58. The van der Waals surface area contributed by atoms with Crippen molar-refractivity contribution >= 4 is 22.6 Å². The number of methoxy groups -OCH3 is 1. The van der Waals surface area contributed by atoms with Crippen molar-refractivity contribution in [2.75, 3.05) is 7.11 Å². The summed E-state index contributed by atoms with van der Waals surface area (Å²) in [6, 6.07) is 13.2. The van der Waals surface area contributed by atoms with Gasteiger partial charge in [0.05, 0.1) is 18.8 Å². The van der Waals surface area contributed by atoms with E-state index in [0.717, 1.165) is 9.32 Å². The molecule has 0 aliphatic carbocycles. The van der Waals surface area contributed by atoms with E-state index in [1.54, 1.807) is 14.0 Å². The van der Waals surface area contributed by atoms with Crippen LogP contribution in [0.15, 0.2) is 42.5 Å². The number of ether oxygens (including phenoxy) is 2. The summed E-state index contributed by atoms with van der Waals surface area (Å²) in [6.07, 6.45) is -0.658. The Morgan fingerprint density at radius 3 is 2.42 bits per heavy atom. The predicted octanol–water partition coefficient (Wildman–Crippen LogP) is 4.15. The fraction of sp³-hybridized carbons (Fsp3) is 0.200. The molecule has 2 aromatic rings. The van der Waals surface area contributed by atoms with Crippen LogP contribution < -0.4 is 9.47 Å². The molecule has 2 aromatic carbocycles. The van der Waals surface area contributed by atoms with Gasteiger partial charge in [0.15, 0.2) is 0 Å². The van der Waals surface area contributed by atoms with Gasteiger partial charge in [-0.05, 0) is 59.8 Å². The zero-order chi connectivity index (χ0) is 13.8. The van der Waals surface area contributed by atoms with E-state index in [-0.39, 0.29) is 0 Å². The first-order valence-electron chi connectivity index (χ1n) is 5.90. The Kier molecular flexibility index (Phi) is 4.66. The second kappa shape index (κ2) is 6.25. The second-order valence-corrected chi connectivity index (χ2v) is 5.35. The van der Waals surface area contributed by atoms with Gasteiger partial charge in [-0.25, -0.2) is 0 Å². The number of rotatable bonds is 4. The molecule has 0 aliphatic heterocycles. The number of aliphatic hydroxyl groups is 1. The summed E-state index contributed by atoms with van der Waals surface area (Å²) in [5, 5.41) is 9.89. The number of halogens is 1. The largest absolute Gasteiger partial charge is 0.496 e. The standard InChI is InChI=1S/C15H15IO3/c1-10(17)15-13(18-2)7-4-8-14(15)19-12-6-3-5-11(16)9-12/h3-10,17H,1-2H3. The molecule has 1 N–H and O–H groups in total. The van der Waals surface area contributed by atoms with E-state index in [1.165, 1.54) is 0 Å². The van der Waals surface area contributed by atoms with Gasteiger partial charge in [-0.2, -0.15) is 0 Å². The van der Waals surface area contributed by atoms with E-state index in [2.05, 4.69) is 22.6 Å². The van der Waals surface area contributed by atoms with Crippen LogP contribution >= 0.6 is 22.6 Å². The highest BCUT2D eigenvalue weighted by Gasteiger charge is 2.15. The van der Waals surface area contributed by atoms with Crippen molar-refractivity contribution in [2.45, 2.75) is 13.0 Å². The average molecular weight is 370 g/mol. The lowest BCUT2D eigenvalue weighted by atomic mass is 10.1. The first kappa shape index (κ1) is 14.1. The maximum absolute atomic E-state index is 9.89. The van der Waals surface area contributed by atoms with Crippen molar-refractivity contribution in [3.05, 3.63) is 51.6 Å². The molecule has 0 saturated heterocycles. The fourth-order valence-corrected chi connectivity index (χ4v) is 2.37. The van der Waals surface area contributed by atoms with Gasteiger partial charge >= 0.3 is 0 Å². The molecule has 1 atom stereocenters. The maximum atomic E-state index is 9.89. The van der Waals surface area contributed by atoms with Crippen molar-refractivity contribution in [1.82, 2.24) is 0 Å². The first-order valence-corrected chi connectivity index (χ1v) is 6.98. The SMILES string of the molecule is COc1cccc(Oc2cccc(I)c2)c1C(C)O. The van der Waals surface area contributed by atoms with Gasteiger partial charge in [0.1, 0.15) is 17.2 Å². The van der Waals surface area contributed by atoms with Crippen molar-refractivity contribution in [3.8, 4) is 17.2 Å². The van der Waals surface area contributed by atoms with Crippen LogP contribution in [-0.4, -0.2) is 12.2 Å². The molecule has 0 fully saturated rings. The summed E-state index contributed by atoms with van der Waals surface area (Å²) in [6.45, 7) is 1.69. The van der Waals surface area contributed by atoms with Crippen molar-refractivity contribution in [3.63, 3.8) is 0 Å². The molecule has 0 bridgehead atoms. The maximum Gasteiger partial charge on any atom is 0.136 e. The van der Waals surface area contributed by atoms with E-state index in [4.69, 9.17) is 9.47 Å². The van der Waals surface area contributed by atoms with Gasteiger partial charge in [-0.1, -0.05) is 12.1 Å². The highest BCUT2D eigenvalue weighted by Crippen LogP contribution is 2.36. The van der Waals surface area contributed by atoms with Crippen LogP contribution in [0, 0.1) is 3.57 Å². The Bertz CT molecular complexity index is 567. The third-order valence-electron chi connectivity index (χ3n) is 2.69. The number of benzene rings is 2. The third kappa shape index (κ3) is 3.39. The van der Waals surface area contributed by atoms with E-state index in [1.807, 2.05) is 42.5 Å². The molecule has 0 amide bonds. The van der Waals surface area contributed by atoms with Crippen molar-refractivity contribution in [2.24, 2.45) is 0 Å². The summed E-state index contributed by atoms with van der Waals surface area (Å²) in [4.78, 5) is 0. The lowest BCUT2D eigenvalue weighted by Crippen LogP contribution is -2.00. The molecular weight excluding hydrogens is 355 g/mol. The second-order valence-electron chi connectivity index (χ2n) is 4.11. The molecule has 100 valence electrons. The Morgan fingerprint density at radius 1 is 1.11 bits per heavy atom. The van der Waals surface area contributed by atoms with Gasteiger partial charge in [-0.15, -0.1) is 0 Å². The Labute approximate surface area is 126 Å². The smallest absolute Gasteiger partial charge is 0.136 e. The quantitative estimate of drug-likeness (QED) is 0.822. The monoisotopic (exact) mass is 370 g/mol. The van der Waals surface area contributed by atoms with Gasteiger partial charge < -0.3 is 14.6 Å². The van der Waals surface area contributed by atoms with Crippen LogP contribution in [0.25, 0.3) is 0 Å². The van der Waals surface area contributed by atoms with E-state index in [9.17, 15) is 5.11 Å². The Balaban J connectivity index is 2.39. The lowest BCUT2D eigenvalue weighted by Gasteiger charge is -2.16. The van der Waals surface area contributed by atoms with Gasteiger partial charge in [0.25, 0.3) is 0 Å². The van der Waals surface area contributed by atoms with Gasteiger partial charge in [0.2, 0.25) is 0 Å². The van der Waals surface area contributed by atoms with Crippen molar-refractivity contribution in [1.29, 1.82) is 0 Å². The Hall–Kier alpha value is -1.27. The molecule has 4 heteroatoms. The van der Waals surface area contributed by atoms with Crippen LogP contribution in [0.3, 0.4) is 0 Å². The zero-order valence-corrected chi connectivity index (χ0v) is 12.9. The minimum Gasteiger partial charge on any atom is -0.496 e. The van der Waals surface area contributed by atoms with Crippen LogP contribution in [0.1, 0.15) is 18.6 Å². The molecule has 0 aromatic heterocycles. The lowest BCUT2D eigenvalue weighted by molar-refractivity contribution is 0.190. The summed E-state index contributed by atoms with van der Waals surface area (Å²) in [5.41, 5.74) is 0.656. The molecule has 0 spiro atoms. The highest BCUT2D eigenvalue weighted by molar-refractivity contribution is 14.1. The van der Waals surface area contributed by atoms with E-state index in [0.29, 0.717) is 17.1 Å². The molecule has 2 rings (SSSR count). The molecule has 3 nitrogen and oxygen atoms in total. The number of hydrogen-bond donors (Lipinski definition) is 1. The van der Waals surface area contributed by atoms with E-state index < -0.39 is 6.10 Å². The predicted molar refractivity (Wildman–Crippen MR) is 82.9 cm³/mol. The number of aliphatic hydroxyl groups excluding tert-OH is 1. The highest BCUT2D eigenvalue weighted by atomic mass is 127. The van der Waals surface area contributed by atoms with Crippen LogP contribution in [0.4, 0.5) is 0 Å². The first-order chi connectivity index (χ1) is 9.11. The van der Waals surface area contributed by atoms with Gasteiger partial charge in [0, 0.05) is 3.57 Å².